The Kier molecular flexibility index (Phi) is 3.38. The lowest BCUT2D eigenvalue weighted by Gasteiger charge is -2.27. The second-order valence-electron chi connectivity index (χ2n) is 3.46. The van der Waals surface area contributed by atoms with Crippen LogP contribution in [0.1, 0.15) is 26.7 Å². The van der Waals surface area contributed by atoms with E-state index in [4.69, 9.17) is 0 Å². The second-order valence-corrected chi connectivity index (χ2v) is 3.46. The number of carbonyl (C=O) groups is 1. The van der Waals surface area contributed by atoms with Crippen LogP contribution in [0.2, 0.25) is 0 Å². The first-order chi connectivity index (χ1) is 5.70. The Bertz CT molecular complexity index is 151. The second kappa shape index (κ2) is 4.33. The Morgan fingerprint density at radius 2 is 2.00 bits per heavy atom. The summed E-state index contributed by atoms with van der Waals surface area (Å²) in [6.45, 7) is 5.71. The molecule has 1 fully saturated rings. The van der Waals surface area contributed by atoms with Gasteiger partial charge in [0.2, 0.25) is 0 Å². The zero-order chi connectivity index (χ0) is 8.97. The highest BCUT2D eigenvalue weighted by molar-refractivity contribution is 5.74. The molecule has 0 aromatic carbocycles. The van der Waals surface area contributed by atoms with Gasteiger partial charge >= 0.3 is 6.03 Å². The minimum Gasteiger partial charge on any atom is -0.336 e. The molecule has 1 heterocycles. The van der Waals surface area contributed by atoms with Crippen molar-refractivity contribution < 1.29 is 4.79 Å². The molecule has 0 aromatic heterocycles. The third-order valence-corrected chi connectivity index (χ3v) is 1.91. The van der Waals surface area contributed by atoms with Crippen LogP contribution in [0.15, 0.2) is 0 Å². The summed E-state index contributed by atoms with van der Waals surface area (Å²) in [6.07, 6.45) is 4.30. The van der Waals surface area contributed by atoms with Crippen molar-refractivity contribution in [2.24, 2.45) is 0 Å². The Morgan fingerprint density at radius 1 is 1.42 bits per heavy atom. The van der Waals surface area contributed by atoms with Gasteiger partial charge in [0.05, 0.1) is 0 Å². The number of piperidine rings is 1. The van der Waals surface area contributed by atoms with E-state index in [0.717, 1.165) is 25.9 Å². The molecule has 1 rings (SSSR count). The average molecular weight is 169 g/mol. The Labute approximate surface area is 74.1 Å². The third kappa shape index (κ3) is 2.72. The zero-order valence-corrected chi connectivity index (χ0v) is 7.84. The third-order valence-electron chi connectivity index (χ3n) is 1.91. The van der Waals surface area contributed by atoms with Gasteiger partial charge in [-0.15, -0.1) is 0 Å². The summed E-state index contributed by atoms with van der Waals surface area (Å²) in [5.74, 6) is 0. The first kappa shape index (κ1) is 9.36. The van der Waals surface area contributed by atoms with E-state index in [1.54, 1.807) is 0 Å². The Morgan fingerprint density at radius 3 is 2.50 bits per heavy atom. The molecule has 69 valence electrons. The predicted molar refractivity (Wildman–Crippen MR) is 48.8 cm³/mol. The molecule has 3 heteroatoms. The topological polar surface area (TPSA) is 32.3 Å². The molecule has 1 aliphatic rings. The SMILES string of the molecule is CC(C)NC(=O)N1CC[CH]CC1. The van der Waals surface area contributed by atoms with E-state index in [2.05, 4.69) is 11.7 Å². The van der Waals surface area contributed by atoms with Gasteiger partial charge in [0.1, 0.15) is 0 Å². The first-order valence-electron chi connectivity index (χ1n) is 4.57. The highest BCUT2D eigenvalue weighted by Crippen LogP contribution is 2.07. The molecule has 0 unspecified atom stereocenters. The Hall–Kier alpha value is -0.730. The van der Waals surface area contributed by atoms with E-state index in [1.807, 2.05) is 18.7 Å². The Balaban J connectivity index is 2.30. The lowest BCUT2D eigenvalue weighted by Crippen LogP contribution is -2.45. The predicted octanol–water partition coefficient (Wildman–Crippen LogP) is 1.40. The maximum Gasteiger partial charge on any atom is 0.317 e. The molecule has 0 bridgehead atoms. The number of rotatable bonds is 1. The molecule has 1 N–H and O–H groups in total. The van der Waals surface area contributed by atoms with Crippen LogP contribution >= 0.6 is 0 Å². The highest BCUT2D eigenvalue weighted by Gasteiger charge is 2.16. The van der Waals surface area contributed by atoms with Crippen LogP contribution in [0, 0.1) is 6.42 Å². The fraction of sp³-hybridized carbons (Fsp3) is 0.778. The summed E-state index contributed by atoms with van der Waals surface area (Å²) >= 11 is 0. The standard InChI is InChI=1S/C9H17N2O/c1-8(2)10-9(12)11-6-4-3-5-7-11/h3,8H,4-7H2,1-2H3,(H,10,12). The lowest BCUT2D eigenvalue weighted by molar-refractivity contribution is 0.190. The minimum atomic E-state index is 0.0816. The number of nitrogens with one attached hydrogen (secondary N) is 1. The molecule has 2 amide bonds. The molecular formula is C9H17N2O. The molecule has 0 spiro atoms. The van der Waals surface area contributed by atoms with E-state index in [9.17, 15) is 4.79 Å². The molecule has 1 saturated heterocycles. The van der Waals surface area contributed by atoms with Crippen molar-refractivity contribution in [3.8, 4) is 0 Å². The number of amides is 2. The normalized spacial score (nSPS) is 18.1. The number of hydrogen-bond acceptors (Lipinski definition) is 1. The number of likely N-dealkylation sites (tertiary alicyclic amines) is 1. The van der Waals surface area contributed by atoms with Crippen molar-refractivity contribution in [3.63, 3.8) is 0 Å². The number of carbonyl (C=O) groups excluding carboxylic acids is 1. The lowest BCUT2D eigenvalue weighted by atomic mass is 10.1. The summed E-state index contributed by atoms with van der Waals surface area (Å²) in [7, 11) is 0. The van der Waals surface area contributed by atoms with Gasteiger partial charge in [-0.05, 0) is 33.1 Å². The summed E-state index contributed by atoms with van der Waals surface area (Å²) in [4.78, 5) is 13.3. The van der Waals surface area contributed by atoms with E-state index in [1.165, 1.54) is 0 Å². The van der Waals surface area contributed by atoms with E-state index in [0.29, 0.717) is 0 Å². The monoisotopic (exact) mass is 169 g/mol. The van der Waals surface area contributed by atoms with Gasteiger partial charge in [-0.3, -0.25) is 0 Å². The van der Waals surface area contributed by atoms with E-state index >= 15 is 0 Å². The van der Waals surface area contributed by atoms with Crippen LogP contribution in [0.25, 0.3) is 0 Å². The highest BCUT2D eigenvalue weighted by atomic mass is 16.2. The van der Waals surface area contributed by atoms with Crippen LogP contribution in [0.4, 0.5) is 4.79 Å². The number of hydrogen-bond donors (Lipinski definition) is 1. The number of nitrogens with zero attached hydrogens (tertiary/aromatic N) is 1. The van der Waals surface area contributed by atoms with Crippen LogP contribution in [-0.4, -0.2) is 30.1 Å². The first-order valence-corrected chi connectivity index (χ1v) is 4.57. The van der Waals surface area contributed by atoms with E-state index in [-0.39, 0.29) is 12.1 Å². The largest absolute Gasteiger partial charge is 0.336 e. The maximum absolute atomic E-state index is 11.4. The van der Waals surface area contributed by atoms with Gasteiger partial charge in [-0.1, -0.05) is 0 Å². The molecular weight excluding hydrogens is 152 g/mol. The summed E-state index contributed by atoms with van der Waals surface area (Å²) in [5, 5.41) is 2.89. The fourth-order valence-electron chi connectivity index (χ4n) is 1.29. The van der Waals surface area contributed by atoms with Gasteiger partial charge < -0.3 is 10.2 Å². The molecule has 0 atom stereocenters. The van der Waals surface area contributed by atoms with Gasteiger partial charge in [0, 0.05) is 19.1 Å². The zero-order valence-electron chi connectivity index (χ0n) is 7.84. The van der Waals surface area contributed by atoms with Crippen molar-refractivity contribution >= 4 is 6.03 Å². The van der Waals surface area contributed by atoms with Crippen LogP contribution in [-0.2, 0) is 0 Å². The molecule has 12 heavy (non-hydrogen) atoms. The van der Waals surface area contributed by atoms with Crippen LogP contribution < -0.4 is 5.32 Å². The summed E-state index contributed by atoms with van der Waals surface area (Å²) < 4.78 is 0. The van der Waals surface area contributed by atoms with Crippen LogP contribution in [0.3, 0.4) is 0 Å². The summed E-state index contributed by atoms with van der Waals surface area (Å²) in [5.41, 5.74) is 0. The smallest absolute Gasteiger partial charge is 0.317 e. The van der Waals surface area contributed by atoms with Crippen molar-refractivity contribution in [2.45, 2.75) is 32.7 Å². The average Bonchev–Trinajstić information content (AvgIpc) is 2.05. The van der Waals surface area contributed by atoms with Crippen molar-refractivity contribution in [2.75, 3.05) is 13.1 Å². The molecule has 1 radical (unpaired) electrons. The van der Waals surface area contributed by atoms with Gasteiger partial charge in [0.25, 0.3) is 0 Å². The van der Waals surface area contributed by atoms with Crippen molar-refractivity contribution in [1.29, 1.82) is 0 Å². The molecule has 1 aliphatic heterocycles. The maximum atomic E-state index is 11.4. The van der Waals surface area contributed by atoms with Gasteiger partial charge in [-0.25, -0.2) is 4.79 Å². The van der Waals surface area contributed by atoms with Crippen LogP contribution in [0.5, 0.6) is 0 Å². The molecule has 0 aliphatic carbocycles. The molecule has 3 nitrogen and oxygen atoms in total. The van der Waals surface area contributed by atoms with Crippen molar-refractivity contribution in [1.82, 2.24) is 10.2 Å². The minimum absolute atomic E-state index is 0.0816. The molecule has 0 aromatic rings. The van der Waals surface area contributed by atoms with Gasteiger partial charge in [-0.2, -0.15) is 0 Å². The number of urea groups is 1. The van der Waals surface area contributed by atoms with Gasteiger partial charge in [0.15, 0.2) is 0 Å². The van der Waals surface area contributed by atoms with Crippen molar-refractivity contribution in [3.05, 3.63) is 6.42 Å². The quantitative estimate of drug-likeness (QED) is 0.632. The van der Waals surface area contributed by atoms with E-state index < -0.39 is 0 Å². The fourth-order valence-corrected chi connectivity index (χ4v) is 1.29. The molecule has 0 saturated carbocycles. The summed E-state index contributed by atoms with van der Waals surface area (Å²) in [6, 6.07) is 0.321.